The third-order valence-corrected chi connectivity index (χ3v) is 5.32. The monoisotopic (exact) mass is 535 g/mol. The van der Waals surface area contributed by atoms with Crippen molar-refractivity contribution in [2.75, 3.05) is 41.8 Å². The first-order valence-electron chi connectivity index (χ1n) is 9.71. The van der Waals surface area contributed by atoms with Gasteiger partial charge in [0, 0.05) is 19.6 Å². The molecule has 162 valence electrons. The predicted octanol–water partition coefficient (Wildman–Crippen LogP) is 2.78. The Balaban J connectivity index is 1.48. The van der Waals surface area contributed by atoms with E-state index in [0.29, 0.717) is 37.0 Å². The van der Waals surface area contributed by atoms with Crippen molar-refractivity contribution < 1.29 is 14.6 Å². The number of hydrogen-bond donors (Lipinski definition) is 5. The maximum Gasteiger partial charge on any atom is 0.267 e. The van der Waals surface area contributed by atoms with E-state index in [-0.39, 0.29) is 11.7 Å². The summed E-state index contributed by atoms with van der Waals surface area (Å²) < 4.78 is 7.99. The van der Waals surface area contributed by atoms with Crippen LogP contribution in [-0.2, 0) is 11.3 Å². The molecule has 1 aromatic carbocycles. The van der Waals surface area contributed by atoms with Crippen molar-refractivity contribution in [1.82, 2.24) is 18.7 Å². The second-order valence-electron chi connectivity index (χ2n) is 6.90. The molecule has 11 heteroatoms. The molecular weight excluding hydrogens is 513 g/mol. The van der Waals surface area contributed by atoms with Crippen molar-refractivity contribution in [3.8, 4) is 5.75 Å². The van der Waals surface area contributed by atoms with Crippen molar-refractivity contribution >= 4 is 51.9 Å². The summed E-state index contributed by atoms with van der Waals surface area (Å²) in [5.74, 6) is 1.68. The Bertz CT molecular complexity index is 1020. The Morgan fingerprint density at radius 3 is 2.65 bits per heavy atom. The van der Waals surface area contributed by atoms with Gasteiger partial charge in [0.1, 0.15) is 22.9 Å². The highest BCUT2D eigenvalue weighted by atomic mass is 127. The number of phenolic OH excluding ortho intramolecular Hbond substituents is 1. The first-order valence-corrected chi connectivity index (χ1v) is 10.8. The largest absolute Gasteiger partial charge is 0.508 e. The Labute approximate surface area is 192 Å². The number of carbonyl (C=O) groups excluding carboxylic acids is 1. The molecule has 1 aliphatic heterocycles. The van der Waals surface area contributed by atoms with Gasteiger partial charge in [-0.25, -0.2) is 4.98 Å². The number of benzene rings is 1. The van der Waals surface area contributed by atoms with Gasteiger partial charge in [-0.3, -0.25) is 13.4 Å². The summed E-state index contributed by atoms with van der Waals surface area (Å²) in [5.41, 5.74) is 2.04. The Morgan fingerprint density at radius 2 is 1.97 bits per heavy atom. The summed E-state index contributed by atoms with van der Waals surface area (Å²) >= 11 is 1.80. The van der Waals surface area contributed by atoms with Gasteiger partial charge in [-0.2, -0.15) is 5.10 Å². The van der Waals surface area contributed by atoms with E-state index in [0.717, 1.165) is 30.2 Å². The van der Waals surface area contributed by atoms with Crippen LogP contribution in [0.5, 0.6) is 5.75 Å². The Morgan fingerprint density at radius 1 is 1.19 bits per heavy atom. The molecule has 0 radical (unpaired) electrons. The molecule has 1 saturated heterocycles. The van der Waals surface area contributed by atoms with Gasteiger partial charge < -0.3 is 25.4 Å². The van der Waals surface area contributed by atoms with Crippen molar-refractivity contribution in [3.63, 3.8) is 0 Å². The number of amides is 1. The second-order valence-corrected chi connectivity index (χ2v) is 7.43. The molecule has 31 heavy (non-hydrogen) atoms. The molecule has 10 nitrogen and oxygen atoms in total. The summed E-state index contributed by atoms with van der Waals surface area (Å²) in [5, 5.41) is 22.9. The summed E-state index contributed by atoms with van der Waals surface area (Å²) in [6, 6.07) is 10.7. The minimum atomic E-state index is -0.289. The molecule has 1 fully saturated rings. The standard InChI is InChI=1S/C20H22IN7O3/c21-25-20(30)17-18(23-11-13-1-4-15(29)5-2-13)26-27-19(17)24-14-3-6-16(22-12-14)28-7-9-31-10-8-28/h1-6,12,29H,7-11H2,(H,25,30)(H3,23,24,26,27). The van der Waals surface area contributed by atoms with E-state index in [1.807, 2.05) is 12.1 Å². The third-order valence-electron chi connectivity index (χ3n) is 4.83. The number of aromatic nitrogens is 3. The molecule has 0 spiro atoms. The maximum absolute atomic E-state index is 12.5. The molecule has 5 N–H and O–H groups in total. The van der Waals surface area contributed by atoms with Crippen LogP contribution >= 0.6 is 22.9 Å². The first kappa shape index (κ1) is 21.2. The quantitative estimate of drug-likeness (QED) is 0.231. The highest BCUT2D eigenvalue weighted by molar-refractivity contribution is 14.1. The molecule has 0 atom stereocenters. The molecule has 0 bridgehead atoms. The minimum Gasteiger partial charge on any atom is -0.508 e. The van der Waals surface area contributed by atoms with Crippen LogP contribution < -0.4 is 19.1 Å². The number of rotatable bonds is 7. The number of hydrogen-bond acceptors (Lipinski definition) is 8. The van der Waals surface area contributed by atoms with Gasteiger partial charge in [0.15, 0.2) is 5.82 Å². The first-order chi connectivity index (χ1) is 15.1. The Kier molecular flexibility index (Phi) is 6.72. The number of nitrogens with one attached hydrogen (secondary N) is 4. The lowest BCUT2D eigenvalue weighted by atomic mass is 10.2. The van der Waals surface area contributed by atoms with Crippen molar-refractivity contribution in [2.45, 2.75) is 6.54 Å². The third kappa shape index (κ3) is 5.17. The number of morpholine rings is 1. The van der Waals surface area contributed by atoms with Crippen molar-refractivity contribution in [2.24, 2.45) is 0 Å². The van der Waals surface area contributed by atoms with Gasteiger partial charge in [0.05, 0.1) is 48.0 Å². The number of halogens is 1. The normalized spacial score (nSPS) is 13.6. The molecule has 0 unspecified atom stereocenters. The molecular formula is C20H22IN7O3. The van der Waals surface area contributed by atoms with Crippen molar-refractivity contribution in [1.29, 1.82) is 0 Å². The number of H-pyrrole nitrogens is 1. The van der Waals surface area contributed by atoms with E-state index in [1.165, 1.54) is 0 Å². The van der Waals surface area contributed by atoms with E-state index >= 15 is 0 Å². The molecule has 2 aromatic heterocycles. The van der Waals surface area contributed by atoms with E-state index in [9.17, 15) is 9.90 Å². The molecule has 3 heterocycles. The average Bonchev–Trinajstić information content (AvgIpc) is 3.21. The summed E-state index contributed by atoms with van der Waals surface area (Å²) in [6.07, 6.45) is 1.72. The second kappa shape index (κ2) is 9.83. The fourth-order valence-electron chi connectivity index (χ4n) is 3.21. The number of anilines is 4. The number of carbonyl (C=O) groups is 1. The zero-order valence-corrected chi connectivity index (χ0v) is 18.7. The Hall–Kier alpha value is -3.06. The number of aromatic hydroxyl groups is 1. The molecule has 0 aliphatic carbocycles. The van der Waals surface area contributed by atoms with Gasteiger partial charge in [-0.15, -0.1) is 0 Å². The number of phenols is 1. The fourth-order valence-corrected chi connectivity index (χ4v) is 3.48. The molecule has 0 saturated carbocycles. The topological polar surface area (TPSA) is 127 Å². The zero-order valence-electron chi connectivity index (χ0n) is 16.6. The van der Waals surface area contributed by atoms with Crippen LogP contribution in [0.15, 0.2) is 42.6 Å². The summed E-state index contributed by atoms with van der Waals surface area (Å²) in [7, 11) is 0. The van der Waals surface area contributed by atoms with Crippen LogP contribution in [0.4, 0.5) is 23.1 Å². The van der Waals surface area contributed by atoms with Crippen LogP contribution in [-0.4, -0.2) is 52.5 Å². The van der Waals surface area contributed by atoms with E-state index in [2.05, 4.69) is 34.2 Å². The van der Waals surface area contributed by atoms with Gasteiger partial charge in [-0.1, -0.05) is 12.1 Å². The zero-order chi connectivity index (χ0) is 21.6. The number of aromatic amines is 1. The lowest BCUT2D eigenvalue weighted by Gasteiger charge is -2.27. The van der Waals surface area contributed by atoms with Crippen LogP contribution in [0.3, 0.4) is 0 Å². The maximum atomic E-state index is 12.5. The lowest BCUT2D eigenvalue weighted by molar-refractivity contribution is 0.0991. The smallest absolute Gasteiger partial charge is 0.267 e. The lowest BCUT2D eigenvalue weighted by Crippen LogP contribution is -2.36. The van der Waals surface area contributed by atoms with E-state index in [1.54, 1.807) is 53.3 Å². The molecule has 3 aromatic rings. The van der Waals surface area contributed by atoms with Crippen molar-refractivity contribution in [3.05, 3.63) is 53.7 Å². The van der Waals surface area contributed by atoms with Crippen LogP contribution in [0.1, 0.15) is 15.9 Å². The number of pyridine rings is 1. The average molecular weight is 535 g/mol. The minimum absolute atomic E-state index is 0.202. The summed E-state index contributed by atoms with van der Waals surface area (Å²) in [4.78, 5) is 19.2. The van der Waals surface area contributed by atoms with E-state index < -0.39 is 0 Å². The van der Waals surface area contributed by atoms with E-state index in [4.69, 9.17) is 4.74 Å². The van der Waals surface area contributed by atoms with Gasteiger partial charge in [0.25, 0.3) is 5.91 Å². The van der Waals surface area contributed by atoms with Crippen LogP contribution in [0.2, 0.25) is 0 Å². The molecule has 1 aliphatic rings. The van der Waals surface area contributed by atoms with Crippen LogP contribution in [0.25, 0.3) is 0 Å². The van der Waals surface area contributed by atoms with Gasteiger partial charge in [0.2, 0.25) is 0 Å². The summed E-state index contributed by atoms with van der Waals surface area (Å²) in [6.45, 7) is 3.48. The molecule has 4 rings (SSSR count). The SMILES string of the molecule is O=C(NI)c1c(NCc2ccc(O)cc2)n[nH]c1Nc1ccc(N2CCOCC2)nc1. The van der Waals surface area contributed by atoms with Gasteiger partial charge in [-0.05, 0) is 29.8 Å². The predicted molar refractivity (Wildman–Crippen MR) is 126 cm³/mol. The van der Waals surface area contributed by atoms with Crippen LogP contribution in [0, 0.1) is 0 Å². The molecule has 1 amide bonds. The van der Waals surface area contributed by atoms with Gasteiger partial charge >= 0.3 is 0 Å². The fraction of sp³-hybridized carbons (Fsp3) is 0.250. The number of ether oxygens (including phenoxy) is 1. The highest BCUT2D eigenvalue weighted by Crippen LogP contribution is 2.26. The highest BCUT2D eigenvalue weighted by Gasteiger charge is 2.21. The number of nitrogens with zero attached hydrogens (tertiary/aromatic N) is 3.